The van der Waals surface area contributed by atoms with Crippen LogP contribution in [0.2, 0.25) is 0 Å². The molecule has 0 saturated heterocycles. The zero-order valence-electron chi connectivity index (χ0n) is 14.7. The van der Waals surface area contributed by atoms with Crippen LogP contribution in [0.3, 0.4) is 0 Å². The number of nitrogens with zero attached hydrogens (tertiary/aromatic N) is 3. The normalized spacial score (nSPS) is 13.4. The highest BCUT2D eigenvalue weighted by molar-refractivity contribution is 5.80. The molecule has 1 N–H and O–H groups in total. The van der Waals surface area contributed by atoms with Gasteiger partial charge in [0.05, 0.1) is 19.3 Å². The maximum Gasteiger partial charge on any atom is 0.245 e. The average Bonchev–Trinajstić information content (AvgIpc) is 3.08. The van der Waals surface area contributed by atoms with Crippen LogP contribution in [0.4, 0.5) is 0 Å². The number of carbonyl (C=O) groups excluding carboxylic acids is 1. The predicted octanol–water partition coefficient (Wildman–Crippen LogP) is 2.51. The topological polar surface area (TPSA) is 78.3 Å². The van der Waals surface area contributed by atoms with E-state index in [0.29, 0.717) is 11.5 Å². The number of amides is 1. The van der Waals surface area contributed by atoms with Crippen molar-refractivity contribution in [3.8, 4) is 11.5 Å². The van der Waals surface area contributed by atoms with Crippen LogP contribution in [-0.4, -0.2) is 33.9 Å². The highest BCUT2D eigenvalue weighted by Crippen LogP contribution is 2.31. The maximum absolute atomic E-state index is 12.3. The van der Waals surface area contributed by atoms with E-state index in [9.17, 15) is 4.79 Å². The molecule has 130 valence electrons. The zero-order chi connectivity index (χ0) is 17.7. The lowest BCUT2D eigenvalue weighted by atomic mass is 10.1. The molecule has 1 aromatic carbocycles. The number of aromatic nitrogens is 3. The summed E-state index contributed by atoms with van der Waals surface area (Å²) in [6, 6.07) is 5.05. The van der Waals surface area contributed by atoms with Crippen molar-refractivity contribution in [2.45, 2.75) is 45.9 Å². The summed E-state index contributed by atoms with van der Waals surface area (Å²) in [4.78, 5) is 16.2. The molecule has 1 heterocycles. The molecule has 0 aliphatic rings. The van der Waals surface area contributed by atoms with E-state index in [4.69, 9.17) is 9.47 Å². The number of ether oxygens (including phenoxy) is 2. The van der Waals surface area contributed by atoms with E-state index >= 15 is 0 Å². The Labute approximate surface area is 142 Å². The van der Waals surface area contributed by atoms with Crippen LogP contribution in [-0.2, 0) is 4.79 Å². The Bertz CT molecular complexity index is 670. The van der Waals surface area contributed by atoms with Crippen molar-refractivity contribution >= 4 is 5.91 Å². The summed E-state index contributed by atoms with van der Waals surface area (Å²) in [5.74, 6) is 1.20. The SMILES string of the molecule is COc1cc(C(C)NC(=O)C(C)n2cncn2)ccc1OC(C)C. The molecule has 24 heavy (non-hydrogen) atoms. The average molecular weight is 332 g/mol. The molecule has 0 saturated carbocycles. The summed E-state index contributed by atoms with van der Waals surface area (Å²) in [5.41, 5.74) is 0.932. The van der Waals surface area contributed by atoms with E-state index in [0.717, 1.165) is 5.56 Å². The standard InChI is InChI=1S/C17H24N4O3/c1-11(2)24-15-7-6-14(8-16(15)23-5)12(3)20-17(22)13(4)21-10-18-9-19-21/h6-13H,1-5H3,(H,20,22). The Morgan fingerprint density at radius 3 is 2.54 bits per heavy atom. The van der Waals surface area contributed by atoms with Crippen molar-refractivity contribution < 1.29 is 14.3 Å². The monoisotopic (exact) mass is 332 g/mol. The predicted molar refractivity (Wildman–Crippen MR) is 90.0 cm³/mol. The van der Waals surface area contributed by atoms with Crippen LogP contribution < -0.4 is 14.8 Å². The second-order valence-electron chi connectivity index (χ2n) is 5.86. The smallest absolute Gasteiger partial charge is 0.245 e. The van der Waals surface area contributed by atoms with Gasteiger partial charge in [0.15, 0.2) is 11.5 Å². The van der Waals surface area contributed by atoms with E-state index < -0.39 is 6.04 Å². The molecule has 0 bridgehead atoms. The molecule has 0 aliphatic heterocycles. The molecule has 2 rings (SSSR count). The first-order valence-corrected chi connectivity index (χ1v) is 7.91. The van der Waals surface area contributed by atoms with Gasteiger partial charge in [0.2, 0.25) is 5.91 Å². The molecule has 0 aliphatic carbocycles. The number of nitrogens with one attached hydrogen (secondary N) is 1. The maximum atomic E-state index is 12.3. The van der Waals surface area contributed by atoms with Gasteiger partial charge >= 0.3 is 0 Å². The molecule has 1 amide bonds. The summed E-state index contributed by atoms with van der Waals surface area (Å²) in [5, 5.41) is 6.96. The molecule has 0 radical (unpaired) electrons. The molecule has 2 atom stereocenters. The minimum atomic E-state index is -0.430. The lowest BCUT2D eigenvalue weighted by Crippen LogP contribution is -2.33. The van der Waals surface area contributed by atoms with Gasteiger partial charge in [-0.3, -0.25) is 4.79 Å². The fraction of sp³-hybridized carbons (Fsp3) is 0.471. The van der Waals surface area contributed by atoms with Gasteiger partial charge in [0, 0.05) is 0 Å². The van der Waals surface area contributed by atoms with E-state index in [2.05, 4.69) is 15.4 Å². The van der Waals surface area contributed by atoms with Gasteiger partial charge in [0.1, 0.15) is 18.7 Å². The number of carbonyl (C=O) groups is 1. The quantitative estimate of drug-likeness (QED) is 0.843. The third kappa shape index (κ3) is 4.24. The van der Waals surface area contributed by atoms with Crippen molar-refractivity contribution in [3.05, 3.63) is 36.4 Å². The van der Waals surface area contributed by atoms with Crippen molar-refractivity contribution in [2.75, 3.05) is 7.11 Å². The van der Waals surface area contributed by atoms with Gasteiger partial charge < -0.3 is 14.8 Å². The van der Waals surface area contributed by atoms with Gasteiger partial charge in [-0.2, -0.15) is 5.10 Å². The van der Waals surface area contributed by atoms with Crippen LogP contribution in [0.25, 0.3) is 0 Å². The van der Waals surface area contributed by atoms with Crippen molar-refractivity contribution in [1.82, 2.24) is 20.1 Å². The van der Waals surface area contributed by atoms with Gasteiger partial charge in [-0.1, -0.05) is 6.07 Å². The third-order valence-corrected chi connectivity index (χ3v) is 3.62. The van der Waals surface area contributed by atoms with E-state index in [1.807, 2.05) is 39.0 Å². The molecule has 2 aromatic rings. The molecule has 1 aromatic heterocycles. The highest BCUT2D eigenvalue weighted by atomic mass is 16.5. The van der Waals surface area contributed by atoms with Gasteiger partial charge in [-0.05, 0) is 45.4 Å². The first-order chi connectivity index (χ1) is 11.4. The minimum Gasteiger partial charge on any atom is -0.493 e. The molecule has 7 heteroatoms. The van der Waals surface area contributed by atoms with Crippen molar-refractivity contribution in [3.63, 3.8) is 0 Å². The van der Waals surface area contributed by atoms with Gasteiger partial charge in [0.25, 0.3) is 0 Å². The third-order valence-electron chi connectivity index (χ3n) is 3.62. The molecule has 0 fully saturated rings. The lowest BCUT2D eigenvalue weighted by Gasteiger charge is -2.20. The summed E-state index contributed by atoms with van der Waals surface area (Å²) in [6.45, 7) is 7.62. The number of benzene rings is 1. The number of hydrogen-bond donors (Lipinski definition) is 1. The number of rotatable bonds is 7. The summed E-state index contributed by atoms with van der Waals surface area (Å²) < 4.78 is 12.6. The highest BCUT2D eigenvalue weighted by Gasteiger charge is 2.19. The Morgan fingerprint density at radius 1 is 1.21 bits per heavy atom. The van der Waals surface area contributed by atoms with E-state index in [1.165, 1.54) is 17.3 Å². The Kier molecular flexibility index (Phi) is 5.78. The summed E-state index contributed by atoms with van der Waals surface area (Å²) >= 11 is 0. The van der Waals surface area contributed by atoms with Gasteiger partial charge in [-0.15, -0.1) is 0 Å². The van der Waals surface area contributed by atoms with Crippen LogP contribution in [0, 0.1) is 0 Å². The number of methoxy groups -OCH3 is 1. The molecule has 0 spiro atoms. The zero-order valence-corrected chi connectivity index (χ0v) is 14.7. The Balaban J connectivity index is 2.09. The van der Waals surface area contributed by atoms with Crippen molar-refractivity contribution in [1.29, 1.82) is 0 Å². The minimum absolute atomic E-state index is 0.0606. The molecular weight excluding hydrogens is 308 g/mol. The second kappa shape index (κ2) is 7.81. The Morgan fingerprint density at radius 2 is 1.96 bits per heavy atom. The fourth-order valence-electron chi connectivity index (χ4n) is 2.26. The fourth-order valence-corrected chi connectivity index (χ4v) is 2.26. The lowest BCUT2D eigenvalue weighted by molar-refractivity contribution is -0.124. The largest absolute Gasteiger partial charge is 0.493 e. The van der Waals surface area contributed by atoms with Crippen LogP contribution in [0.5, 0.6) is 11.5 Å². The molecule has 2 unspecified atom stereocenters. The molecule has 7 nitrogen and oxygen atoms in total. The summed E-state index contributed by atoms with van der Waals surface area (Å²) in [7, 11) is 1.60. The van der Waals surface area contributed by atoms with Gasteiger partial charge in [-0.25, -0.2) is 9.67 Å². The van der Waals surface area contributed by atoms with Crippen molar-refractivity contribution in [2.24, 2.45) is 0 Å². The van der Waals surface area contributed by atoms with E-state index in [-0.39, 0.29) is 18.1 Å². The second-order valence-corrected chi connectivity index (χ2v) is 5.86. The Hall–Kier alpha value is -2.57. The van der Waals surface area contributed by atoms with Crippen LogP contribution in [0.1, 0.15) is 45.3 Å². The summed E-state index contributed by atoms with van der Waals surface area (Å²) in [6.07, 6.45) is 2.99. The van der Waals surface area contributed by atoms with Crippen LogP contribution in [0.15, 0.2) is 30.9 Å². The first-order valence-electron chi connectivity index (χ1n) is 7.91. The first kappa shape index (κ1) is 17.8. The van der Waals surface area contributed by atoms with E-state index in [1.54, 1.807) is 14.0 Å². The number of hydrogen-bond acceptors (Lipinski definition) is 5. The van der Waals surface area contributed by atoms with Crippen LogP contribution >= 0.6 is 0 Å². The molecular formula is C17H24N4O3.